The van der Waals surface area contributed by atoms with Gasteiger partial charge in [0.15, 0.2) is 0 Å². The molecule has 0 spiro atoms. The van der Waals surface area contributed by atoms with Crippen molar-refractivity contribution in [2.24, 2.45) is 0 Å². The van der Waals surface area contributed by atoms with E-state index in [0.717, 1.165) is 75.4 Å². The molecule has 0 saturated heterocycles. The van der Waals surface area contributed by atoms with Crippen LogP contribution in [-0.4, -0.2) is 79.2 Å². The summed E-state index contributed by atoms with van der Waals surface area (Å²) in [7, 11) is 10.7. The van der Waals surface area contributed by atoms with Crippen molar-refractivity contribution >= 4 is 34.0 Å². The van der Waals surface area contributed by atoms with Gasteiger partial charge in [-0.2, -0.15) is 0 Å². The summed E-state index contributed by atoms with van der Waals surface area (Å²) in [5.74, 6) is 5.69. The highest BCUT2D eigenvalue weighted by Crippen LogP contribution is 2.23. The van der Waals surface area contributed by atoms with Gasteiger partial charge >= 0.3 is 0 Å². The molecule has 0 unspecified atom stereocenters. The van der Waals surface area contributed by atoms with Gasteiger partial charge in [0.2, 0.25) is 0 Å². The van der Waals surface area contributed by atoms with Crippen LogP contribution in [0.15, 0.2) is 36.4 Å². The molecule has 0 atom stereocenters. The van der Waals surface area contributed by atoms with E-state index in [1.165, 1.54) is 74.0 Å². The molecule has 0 fully saturated rings. The average molecular weight is 687 g/mol. The molecule has 8 nitrogen and oxygen atoms in total. The van der Waals surface area contributed by atoms with Gasteiger partial charge in [-0.25, -0.2) is 0 Å². The zero-order chi connectivity index (χ0) is 31.5. The van der Waals surface area contributed by atoms with Crippen LogP contribution in [0.1, 0.15) is 62.5 Å². The molecular formula is C34H59ClN4O4S2. The summed E-state index contributed by atoms with van der Waals surface area (Å²) in [6.07, 6.45) is 10.0. The monoisotopic (exact) mass is 686 g/mol. The quantitative estimate of drug-likeness (QED) is 0.0548. The molecule has 11 heteroatoms. The van der Waals surface area contributed by atoms with Crippen molar-refractivity contribution in [3.63, 3.8) is 0 Å². The molecule has 2 aromatic rings. The first-order chi connectivity index (χ1) is 21.7. The molecule has 2 rings (SSSR count). The number of rotatable bonds is 29. The van der Waals surface area contributed by atoms with Gasteiger partial charge in [0, 0.05) is 49.8 Å². The van der Waals surface area contributed by atoms with E-state index in [1.807, 2.05) is 33.7 Å². The zero-order valence-corrected chi connectivity index (χ0v) is 30.5. The maximum Gasteiger partial charge on any atom is 0.122 e. The summed E-state index contributed by atoms with van der Waals surface area (Å²) in [6, 6.07) is 12.0. The Hall–Kier alpha value is -1.53. The summed E-state index contributed by atoms with van der Waals surface area (Å²) >= 11 is 0. The normalized spacial score (nSPS) is 10.8. The van der Waals surface area contributed by atoms with Crippen molar-refractivity contribution in [3.05, 3.63) is 47.5 Å². The van der Waals surface area contributed by atoms with Crippen LogP contribution in [0.2, 0.25) is 0 Å². The van der Waals surface area contributed by atoms with Crippen LogP contribution in [0.3, 0.4) is 0 Å². The van der Waals surface area contributed by atoms with Crippen LogP contribution in [0.25, 0.3) is 0 Å². The molecule has 0 saturated carbocycles. The highest BCUT2D eigenvalue weighted by atomic mass is 35.5. The van der Waals surface area contributed by atoms with Gasteiger partial charge in [-0.05, 0) is 87.3 Å². The second-order valence-corrected chi connectivity index (χ2v) is 13.5. The predicted octanol–water partition coefficient (Wildman–Crippen LogP) is 6.70. The second kappa shape index (κ2) is 28.7. The lowest BCUT2D eigenvalue weighted by molar-refractivity contribution is 0.393. The Morgan fingerprint density at radius 2 is 0.733 bits per heavy atom. The van der Waals surface area contributed by atoms with E-state index in [1.54, 1.807) is 28.4 Å². The fourth-order valence-electron chi connectivity index (χ4n) is 4.70. The van der Waals surface area contributed by atoms with Crippen LogP contribution >= 0.6 is 34.0 Å². The van der Waals surface area contributed by atoms with E-state index in [0.29, 0.717) is 0 Å². The van der Waals surface area contributed by atoms with Crippen LogP contribution < -0.4 is 40.2 Å². The fourth-order valence-corrected chi connectivity index (χ4v) is 6.60. The Bertz CT molecular complexity index is 871. The predicted molar refractivity (Wildman–Crippen MR) is 197 cm³/mol. The minimum atomic E-state index is 0. The Morgan fingerprint density at radius 3 is 1.04 bits per heavy atom. The molecule has 0 bridgehead atoms. The number of methoxy groups -OCH3 is 4. The molecule has 4 N–H and O–H groups in total. The van der Waals surface area contributed by atoms with Gasteiger partial charge in [0.25, 0.3) is 0 Å². The minimum Gasteiger partial charge on any atom is -0.497 e. The zero-order valence-electron chi connectivity index (χ0n) is 28.0. The molecule has 45 heavy (non-hydrogen) atoms. The first-order valence-corrected chi connectivity index (χ1v) is 18.7. The summed E-state index contributed by atoms with van der Waals surface area (Å²) < 4.78 is 21.4. The van der Waals surface area contributed by atoms with Crippen LogP contribution in [0.5, 0.6) is 23.0 Å². The van der Waals surface area contributed by atoms with Crippen LogP contribution in [0.4, 0.5) is 0 Å². The smallest absolute Gasteiger partial charge is 0.122 e. The third-order valence-electron chi connectivity index (χ3n) is 7.20. The molecule has 0 amide bonds. The Morgan fingerprint density at radius 1 is 0.422 bits per heavy atom. The summed E-state index contributed by atoms with van der Waals surface area (Å²) in [5, 5.41) is 14.2. The van der Waals surface area contributed by atoms with Gasteiger partial charge in [-0.15, -0.1) is 12.4 Å². The Kier molecular flexibility index (Phi) is 26.4. The van der Waals surface area contributed by atoms with Gasteiger partial charge < -0.3 is 40.2 Å². The summed E-state index contributed by atoms with van der Waals surface area (Å²) in [6.45, 7) is 8.19. The van der Waals surface area contributed by atoms with E-state index in [9.17, 15) is 0 Å². The van der Waals surface area contributed by atoms with Gasteiger partial charge in [0.05, 0.1) is 28.4 Å². The number of benzene rings is 2. The van der Waals surface area contributed by atoms with E-state index < -0.39 is 0 Å². The molecule has 0 aliphatic carbocycles. The highest BCUT2D eigenvalue weighted by Gasteiger charge is 2.03. The summed E-state index contributed by atoms with van der Waals surface area (Å²) in [4.78, 5) is 0. The maximum atomic E-state index is 5.34. The van der Waals surface area contributed by atoms with Gasteiger partial charge in [-0.1, -0.05) is 47.3 Å². The molecule has 258 valence electrons. The van der Waals surface area contributed by atoms with Gasteiger partial charge in [0.1, 0.15) is 23.0 Å². The van der Waals surface area contributed by atoms with E-state index in [2.05, 4.69) is 45.5 Å². The number of nitrogens with one attached hydrogen (secondary N) is 4. The molecule has 0 aliphatic heterocycles. The lowest BCUT2D eigenvalue weighted by Crippen LogP contribution is -2.19. The van der Waals surface area contributed by atoms with Crippen LogP contribution in [0, 0.1) is 0 Å². The van der Waals surface area contributed by atoms with E-state index >= 15 is 0 Å². The minimum absolute atomic E-state index is 0. The Balaban J connectivity index is 0.0000101. The number of halogens is 1. The first-order valence-electron chi connectivity index (χ1n) is 16.2. The fraction of sp³-hybridized carbons (Fsp3) is 0.647. The number of hydrogen-bond donors (Lipinski definition) is 4. The van der Waals surface area contributed by atoms with Crippen molar-refractivity contribution in [2.45, 2.75) is 64.5 Å². The van der Waals surface area contributed by atoms with Crippen molar-refractivity contribution in [2.75, 3.05) is 79.2 Å². The van der Waals surface area contributed by atoms with Crippen molar-refractivity contribution in [1.29, 1.82) is 0 Å². The third kappa shape index (κ3) is 21.1. The molecule has 0 radical (unpaired) electrons. The average Bonchev–Trinajstić information content (AvgIpc) is 3.06. The van der Waals surface area contributed by atoms with E-state index in [4.69, 9.17) is 18.9 Å². The topological polar surface area (TPSA) is 85.0 Å². The molecule has 2 aromatic carbocycles. The number of unbranched alkanes of at least 4 members (excludes halogenated alkanes) is 6. The van der Waals surface area contributed by atoms with Crippen molar-refractivity contribution in [3.8, 4) is 23.0 Å². The SMILES string of the molecule is COc1cc(CNCCCCCCNCCSSCCNCCCCCCNCc2cc(OC)cc(OC)c2)cc(OC)c1.Cl. The first kappa shape index (κ1) is 41.5. The lowest BCUT2D eigenvalue weighted by Gasteiger charge is -2.10. The third-order valence-corrected chi connectivity index (χ3v) is 9.61. The lowest BCUT2D eigenvalue weighted by atomic mass is 10.1. The molecule has 0 aliphatic rings. The second-order valence-electron chi connectivity index (χ2n) is 10.8. The highest BCUT2D eigenvalue weighted by molar-refractivity contribution is 8.76. The maximum absolute atomic E-state index is 5.34. The van der Waals surface area contributed by atoms with Gasteiger partial charge in [-0.3, -0.25) is 0 Å². The van der Waals surface area contributed by atoms with Crippen molar-refractivity contribution in [1.82, 2.24) is 21.3 Å². The van der Waals surface area contributed by atoms with Crippen LogP contribution in [-0.2, 0) is 13.1 Å². The van der Waals surface area contributed by atoms with Crippen molar-refractivity contribution < 1.29 is 18.9 Å². The number of hydrogen-bond acceptors (Lipinski definition) is 10. The number of ether oxygens (including phenoxy) is 4. The molecule has 0 aromatic heterocycles. The molecular weight excluding hydrogens is 628 g/mol. The summed E-state index contributed by atoms with van der Waals surface area (Å²) in [5.41, 5.74) is 2.38. The largest absolute Gasteiger partial charge is 0.497 e. The standard InChI is InChI=1S/C34H58N4O4S2.ClH/c1-39-31-21-29(22-32(25-31)40-2)27-37-15-11-7-5-9-13-35-17-19-43-44-20-18-36-14-10-6-8-12-16-38-28-30-23-33(41-3)26-34(24-30)42-4;/h21-26,35-38H,5-20,27-28H2,1-4H3;1H. The Labute approximate surface area is 287 Å². The van der Waals surface area contributed by atoms with E-state index in [-0.39, 0.29) is 12.4 Å². The molecule has 0 heterocycles.